The van der Waals surface area contributed by atoms with Gasteiger partial charge in [-0.15, -0.1) is 0 Å². The highest BCUT2D eigenvalue weighted by molar-refractivity contribution is 6.02. The molecule has 3 rings (SSSR count). The Morgan fingerprint density at radius 3 is 2.46 bits per heavy atom. The first-order chi connectivity index (χ1) is 13.7. The summed E-state index contributed by atoms with van der Waals surface area (Å²) in [7, 11) is 0. The van der Waals surface area contributed by atoms with Crippen LogP contribution in [-0.2, 0) is 14.3 Å². The van der Waals surface area contributed by atoms with Gasteiger partial charge >= 0.3 is 5.97 Å². The van der Waals surface area contributed by atoms with E-state index < -0.39 is 5.97 Å². The van der Waals surface area contributed by atoms with Crippen molar-refractivity contribution in [2.75, 3.05) is 55.0 Å². The van der Waals surface area contributed by atoms with E-state index in [4.69, 9.17) is 9.47 Å². The molecule has 7 heteroatoms. The number of esters is 1. The molecule has 1 fully saturated rings. The molecule has 0 aromatic heterocycles. The van der Waals surface area contributed by atoms with E-state index in [9.17, 15) is 9.59 Å². The van der Waals surface area contributed by atoms with Gasteiger partial charge in [-0.05, 0) is 31.2 Å². The van der Waals surface area contributed by atoms with E-state index in [-0.39, 0.29) is 19.1 Å². The molecule has 0 aliphatic carbocycles. The number of para-hydroxylation sites is 3. The van der Waals surface area contributed by atoms with Crippen LogP contribution in [0.2, 0.25) is 0 Å². The smallest absolute Gasteiger partial charge is 0.340 e. The zero-order valence-electron chi connectivity index (χ0n) is 15.9. The number of ether oxygens (including phenoxy) is 2. The maximum Gasteiger partial charge on any atom is 0.340 e. The lowest BCUT2D eigenvalue weighted by atomic mass is 10.2. The van der Waals surface area contributed by atoms with Crippen LogP contribution in [0.25, 0.3) is 0 Å². The fourth-order valence-electron chi connectivity index (χ4n) is 3.05. The van der Waals surface area contributed by atoms with Crippen LogP contribution in [0.3, 0.4) is 0 Å². The molecule has 0 unspecified atom stereocenters. The van der Waals surface area contributed by atoms with Gasteiger partial charge in [0.25, 0.3) is 0 Å². The van der Waals surface area contributed by atoms with Crippen molar-refractivity contribution in [2.45, 2.75) is 6.92 Å². The van der Waals surface area contributed by atoms with Crippen molar-refractivity contribution in [1.29, 1.82) is 0 Å². The van der Waals surface area contributed by atoms with Gasteiger partial charge in [-0.3, -0.25) is 4.79 Å². The molecule has 0 radical (unpaired) electrons. The Morgan fingerprint density at radius 2 is 1.71 bits per heavy atom. The molecule has 0 saturated carbocycles. The molecule has 0 bridgehead atoms. The number of amides is 1. The van der Waals surface area contributed by atoms with Gasteiger partial charge in [0, 0.05) is 13.1 Å². The van der Waals surface area contributed by atoms with Crippen molar-refractivity contribution in [3.05, 3.63) is 54.1 Å². The van der Waals surface area contributed by atoms with Crippen molar-refractivity contribution in [3.8, 4) is 0 Å². The zero-order chi connectivity index (χ0) is 19.8. The van der Waals surface area contributed by atoms with Crippen molar-refractivity contribution >= 4 is 28.9 Å². The average molecular weight is 383 g/mol. The van der Waals surface area contributed by atoms with Crippen molar-refractivity contribution in [2.24, 2.45) is 0 Å². The van der Waals surface area contributed by atoms with E-state index in [0.29, 0.717) is 24.5 Å². The second-order valence-electron chi connectivity index (χ2n) is 6.28. The third-order valence-corrected chi connectivity index (χ3v) is 4.39. The minimum absolute atomic E-state index is 0.0819. The maximum absolute atomic E-state index is 12.4. The molecule has 28 heavy (non-hydrogen) atoms. The molecule has 148 valence electrons. The topological polar surface area (TPSA) is 79.9 Å². The summed E-state index contributed by atoms with van der Waals surface area (Å²) in [5, 5.41) is 5.98. The fourth-order valence-corrected chi connectivity index (χ4v) is 3.05. The molecule has 1 aliphatic rings. The Bertz CT molecular complexity index is 819. The largest absolute Gasteiger partial charge is 0.462 e. The lowest BCUT2D eigenvalue weighted by Gasteiger charge is -2.30. The van der Waals surface area contributed by atoms with Gasteiger partial charge in [0.05, 0.1) is 49.0 Å². The fraction of sp³-hybridized carbons (Fsp3) is 0.333. The molecule has 2 aromatic rings. The number of hydrogen-bond acceptors (Lipinski definition) is 6. The van der Waals surface area contributed by atoms with E-state index in [0.717, 1.165) is 24.5 Å². The average Bonchev–Trinajstić information content (AvgIpc) is 2.73. The first-order valence-corrected chi connectivity index (χ1v) is 9.40. The molecule has 2 N–H and O–H groups in total. The summed E-state index contributed by atoms with van der Waals surface area (Å²) in [6.07, 6.45) is 0. The van der Waals surface area contributed by atoms with Gasteiger partial charge in [0.1, 0.15) is 0 Å². The van der Waals surface area contributed by atoms with E-state index in [2.05, 4.69) is 15.5 Å². The number of hydrogen-bond donors (Lipinski definition) is 2. The Balaban J connectivity index is 1.64. The van der Waals surface area contributed by atoms with Crippen molar-refractivity contribution < 1.29 is 19.1 Å². The number of nitrogens with zero attached hydrogens (tertiary/aromatic N) is 1. The lowest BCUT2D eigenvalue weighted by molar-refractivity contribution is -0.114. The minimum atomic E-state index is -0.455. The number of rotatable bonds is 7. The van der Waals surface area contributed by atoms with Crippen LogP contribution in [-0.4, -0.2) is 51.3 Å². The molecular formula is C21H25N3O4. The normalized spacial score (nSPS) is 13.7. The van der Waals surface area contributed by atoms with Crippen molar-refractivity contribution in [3.63, 3.8) is 0 Å². The Labute approximate surface area is 164 Å². The van der Waals surface area contributed by atoms with Crippen LogP contribution in [0, 0.1) is 0 Å². The molecule has 1 heterocycles. The van der Waals surface area contributed by atoms with Crippen LogP contribution in [0.1, 0.15) is 17.3 Å². The summed E-state index contributed by atoms with van der Waals surface area (Å²) in [5.41, 5.74) is 2.71. The quantitative estimate of drug-likeness (QED) is 0.716. The first-order valence-electron chi connectivity index (χ1n) is 9.40. The predicted octanol–water partition coefficient (Wildman–Crippen LogP) is 2.75. The molecule has 1 saturated heterocycles. The molecule has 2 aromatic carbocycles. The number of anilines is 3. The molecule has 0 spiro atoms. The molecule has 7 nitrogen and oxygen atoms in total. The van der Waals surface area contributed by atoms with E-state index in [1.54, 1.807) is 31.2 Å². The van der Waals surface area contributed by atoms with Gasteiger partial charge in [0.15, 0.2) is 0 Å². The predicted molar refractivity (Wildman–Crippen MR) is 109 cm³/mol. The van der Waals surface area contributed by atoms with Gasteiger partial charge in [-0.2, -0.15) is 0 Å². The van der Waals surface area contributed by atoms with E-state index >= 15 is 0 Å². The van der Waals surface area contributed by atoms with Crippen LogP contribution >= 0.6 is 0 Å². The summed E-state index contributed by atoms with van der Waals surface area (Å²) in [5.74, 6) is -0.697. The second kappa shape index (κ2) is 9.75. The highest BCUT2D eigenvalue weighted by Crippen LogP contribution is 2.26. The number of carbonyl (C=O) groups excluding carboxylic acids is 2. The summed E-state index contributed by atoms with van der Waals surface area (Å²) < 4.78 is 10.5. The van der Waals surface area contributed by atoms with Crippen molar-refractivity contribution in [1.82, 2.24) is 0 Å². The lowest BCUT2D eigenvalue weighted by Crippen LogP contribution is -2.36. The number of benzene rings is 2. The summed E-state index contributed by atoms with van der Waals surface area (Å²) >= 11 is 0. The highest BCUT2D eigenvalue weighted by atomic mass is 16.5. The molecule has 0 atom stereocenters. The molecule has 1 aliphatic heterocycles. The monoisotopic (exact) mass is 383 g/mol. The Kier molecular flexibility index (Phi) is 6.86. The standard InChI is InChI=1S/C21H25N3O4/c1-2-28-21(26)16-7-3-4-8-17(16)23-20(25)15-22-18-9-5-6-10-19(18)24-11-13-27-14-12-24/h3-10,22H,2,11-15H2,1H3,(H,23,25). The Hall–Kier alpha value is -3.06. The van der Waals surface area contributed by atoms with Crippen LogP contribution in [0.5, 0.6) is 0 Å². The van der Waals surface area contributed by atoms with Gasteiger partial charge < -0.3 is 25.0 Å². The zero-order valence-corrected chi connectivity index (χ0v) is 15.9. The summed E-state index contributed by atoms with van der Waals surface area (Å²) in [4.78, 5) is 26.7. The second-order valence-corrected chi connectivity index (χ2v) is 6.28. The molecular weight excluding hydrogens is 358 g/mol. The van der Waals surface area contributed by atoms with Crippen LogP contribution in [0.4, 0.5) is 17.1 Å². The van der Waals surface area contributed by atoms with Crippen LogP contribution in [0.15, 0.2) is 48.5 Å². The van der Waals surface area contributed by atoms with Gasteiger partial charge in [0.2, 0.25) is 5.91 Å². The highest BCUT2D eigenvalue weighted by Gasteiger charge is 2.16. The minimum Gasteiger partial charge on any atom is -0.462 e. The maximum atomic E-state index is 12.4. The molecule has 1 amide bonds. The third kappa shape index (κ3) is 5.01. The van der Waals surface area contributed by atoms with Crippen LogP contribution < -0.4 is 15.5 Å². The number of nitrogens with one attached hydrogen (secondary N) is 2. The number of carbonyl (C=O) groups is 2. The van der Waals surface area contributed by atoms with E-state index in [1.807, 2.05) is 24.3 Å². The number of morpholine rings is 1. The van der Waals surface area contributed by atoms with Gasteiger partial charge in [-0.1, -0.05) is 24.3 Å². The van der Waals surface area contributed by atoms with E-state index in [1.165, 1.54) is 0 Å². The van der Waals surface area contributed by atoms with Gasteiger partial charge in [-0.25, -0.2) is 4.79 Å². The first kappa shape index (κ1) is 19.7. The Morgan fingerprint density at radius 1 is 1.04 bits per heavy atom. The SMILES string of the molecule is CCOC(=O)c1ccccc1NC(=O)CNc1ccccc1N1CCOCC1. The third-order valence-electron chi connectivity index (χ3n) is 4.39. The summed E-state index contributed by atoms with van der Waals surface area (Å²) in [6, 6.07) is 14.7. The summed E-state index contributed by atoms with van der Waals surface area (Å²) in [6.45, 7) is 5.13.